The molecule has 0 aliphatic rings. The third-order valence-corrected chi connectivity index (χ3v) is 3.93. The summed E-state index contributed by atoms with van der Waals surface area (Å²) in [4.78, 5) is 16.1. The molecule has 1 aromatic carbocycles. The summed E-state index contributed by atoms with van der Waals surface area (Å²) in [5.74, 6) is 1.25. The molecule has 5 nitrogen and oxygen atoms in total. The first kappa shape index (κ1) is 24.7. The first-order valence-electron chi connectivity index (χ1n) is 9.36. The van der Waals surface area contributed by atoms with E-state index in [2.05, 4.69) is 36.4 Å². The molecule has 0 radical (unpaired) electrons. The number of halogens is 1. The number of hydrogen-bond donors (Lipinski definition) is 3. The Morgan fingerprint density at radius 2 is 1.96 bits per heavy atom. The fourth-order valence-corrected chi connectivity index (χ4v) is 2.58. The minimum absolute atomic E-state index is 0. The molecule has 1 atom stereocenters. The average Bonchev–Trinajstić information content (AvgIpc) is 2.53. The first-order chi connectivity index (χ1) is 11.9. The van der Waals surface area contributed by atoms with Crippen LogP contribution in [0.15, 0.2) is 29.3 Å². The van der Waals surface area contributed by atoms with Gasteiger partial charge in [0.25, 0.3) is 0 Å². The van der Waals surface area contributed by atoms with Gasteiger partial charge in [0.15, 0.2) is 5.96 Å². The standard InChI is InChI=1S/C20H34N4O.HI/c1-5-8-19(25)24-18-12-7-11-17(13-18)14-22-20(21)23-16(4)10-6-9-15(2)3;/h7,11-13,15-16H,5-6,8-10,14H2,1-4H3,(H,24,25)(H3,21,22,23);1H. The molecule has 0 saturated heterocycles. The molecule has 0 heterocycles. The number of amides is 1. The van der Waals surface area contributed by atoms with E-state index in [1.807, 2.05) is 31.2 Å². The molecule has 0 bridgehead atoms. The summed E-state index contributed by atoms with van der Waals surface area (Å²) >= 11 is 0. The molecule has 26 heavy (non-hydrogen) atoms. The van der Waals surface area contributed by atoms with Crippen LogP contribution in [0.25, 0.3) is 0 Å². The number of anilines is 1. The zero-order valence-corrected chi connectivity index (χ0v) is 18.9. The quantitative estimate of drug-likeness (QED) is 0.262. The number of benzene rings is 1. The van der Waals surface area contributed by atoms with Crippen molar-refractivity contribution < 1.29 is 4.79 Å². The summed E-state index contributed by atoms with van der Waals surface area (Å²) in [6, 6.07) is 8.06. The number of guanidine groups is 1. The Kier molecular flexibility index (Phi) is 13.1. The van der Waals surface area contributed by atoms with Crippen LogP contribution in [0, 0.1) is 5.92 Å². The lowest BCUT2D eigenvalue weighted by Crippen LogP contribution is -2.38. The SMILES string of the molecule is CCCC(=O)Nc1cccc(CN=C(N)NC(C)CCCC(C)C)c1.I. The normalized spacial score (nSPS) is 12.4. The van der Waals surface area contributed by atoms with E-state index in [1.54, 1.807) is 0 Å². The number of carbonyl (C=O) groups is 1. The Morgan fingerprint density at radius 1 is 1.23 bits per heavy atom. The maximum Gasteiger partial charge on any atom is 0.224 e. The number of aliphatic imine (C=N–C) groups is 1. The van der Waals surface area contributed by atoms with Crippen LogP contribution in [0.3, 0.4) is 0 Å². The summed E-state index contributed by atoms with van der Waals surface area (Å²) < 4.78 is 0. The molecule has 0 aliphatic carbocycles. The van der Waals surface area contributed by atoms with Crippen molar-refractivity contribution in [1.82, 2.24) is 5.32 Å². The molecule has 0 spiro atoms. The Balaban J connectivity index is 0.00000625. The van der Waals surface area contributed by atoms with E-state index in [0.29, 0.717) is 25.0 Å². The maximum absolute atomic E-state index is 11.7. The number of carbonyl (C=O) groups excluding carboxylic acids is 1. The minimum atomic E-state index is 0. The van der Waals surface area contributed by atoms with E-state index in [4.69, 9.17) is 5.73 Å². The van der Waals surface area contributed by atoms with Crippen molar-refractivity contribution in [3.05, 3.63) is 29.8 Å². The lowest BCUT2D eigenvalue weighted by atomic mass is 10.0. The minimum Gasteiger partial charge on any atom is -0.370 e. The number of nitrogens with one attached hydrogen (secondary N) is 2. The molecular weight excluding hydrogens is 439 g/mol. The van der Waals surface area contributed by atoms with E-state index < -0.39 is 0 Å². The smallest absolute Gasteiger partial charge is 0.224 e. The molecule has 148 valence electrons. The zero-order valence-electron chi connectivity index (χ0n) is 16.5. The average molecular weight is 474 g/mol. The molecule has 0 saturated carbocycles. The number of rotatable bonds is 10. The van der Waals surface area contributed by atoms with Gasteiger partial charge in [-0.3, -0.25) is 4.79 Å². The Morgan fingerprint density at radius 3 is 2.62 bits per heavy atom. The van der Waals surface area contributed by atoms with Crippen LogP contribution in [-0.4, -0.2) is 17.9 Å². The van der Waals surface area contributed by atoms with Crippen molar-refractivity contribution in [3.63, 3.8) is 0 Å². The van der Waals surface area contributed by atoms with Crippen molar-refractivity contribution in [3.8, 4) is 0 Å². The fourth-order valence-electron chi connectivity index (χ4n) is 2.58. The molecule has 6 heteroatoms. The first-order valence-corrected chi connectivity index (χ1v) is 9.36. The summed E-state index contributed by atoms with van der Waals surface area (Å²) in [7, 11) is 0. The van der Waals surface area contributed by atoms with Gasteiger partial charge in [-0.25, -0.2) is 4.99 Å². The van der Waals surface area contributed by atoms with Gasteiger partial charge in [-0.05, 0) is 43.4 Å². The Labute approximate surface area is 175 Å². The van der Waals surface area contributed by atoms with Gasteiger partial charge in [-0.2, -0.15) is 0 Å². The van der Waals surface area contributed by atoms with Crippen LogP contribution < -0.4 is 16.4 Å². The van der Waals surface area contributed by atoms with Crippen LogP contribution >= 0.6 is 24.0 Å². The Hall–Kier alpha value is -1.31. The lowest BCUT2D eigenvalue weighted by Gasteiger charge is -2.15. The zero-order chi connectivity index (χ0) is 18.7. The molecule has 1 rings (SSSR count). The van der Waals surface area contributed by atoms with Crippen LogP contribution in [0.1, 0.15) is 65.4 Å². The summed E-state index contributed by atoms with van der Waals surface area (Å²) in [6.45, 7) is 9.10. The topological polar surface area (TPSA) is 79.5 Å². The van der Waals surface area contributed by atoms with Gasteiger partial charge >= 0.3 is 0 Å². The number of hydrogen-bond acceptors (Lipinski definition) is 2. The predicted octanol–water partition coefficient (Wildman–Crippen LogP) is 4.66. The molecule has 1 aromatic rings. The third kappa shape index (κ3) is 11.3. The highest BCUT2D eigenvalue weighted by Gasteiger charge is 2.05. The van der Waals surface area contributed by atoms with E-state index in [9.17, 15) is 4.79 Å². The number of nitrogens with two attached hydrogens (primary N) is 1. The van der Waals surface area contributed by atoms with Gasteiger partial charge in [0.2, 0.25) is 5.91 Å². The second kappa shape index (κ2) is 13.8. The van der Waals surface area contributed by atoms with Crippen LogP contribution in [0.2, 0.25) is 0 Å². The van der Waals surface area contributed by atoms with Crippen molar-refractivity contribution in [2.75, 3.05) is 5.32 Å². The van der Waals surface area contributed by atoms with Gasteiger partial charge in [-0.1, -0.05) is 45.7 Å². The van der Waals surface area contributed by atoms with Gasteiger partial charge in [0.05, 0.1) is 6.54 Å². The van der Waals surface area contributed by atoms with Gasteiger partial charge < -0.3 is 16.4 Å². The van der Waals surface area contributed by atoms with E-state index in [0.717, 1.165) is 30.0 Å². The monoisotopic (exact) mass is 474 g/mol. The van der Waals surface area contributed by atoms with E-state index in [1.165, 1.54) is 12.8 Å². The van der Waals surface area contributed by atoms with Gasteiger partial charge in [-0.15, -0.1) is 24.0 Å². The Bertz CT molecular complexity index is 560. The highest BCUT2D eigenvalue weighted by Crippen LogP contribution is 2.12. The molecule has 1 amide bonds. The number of nitrogens with zero attached hydrogens (tertiary/aromatic N) is 1. The third-order valence-electron chi connectivity index (χ3n) is 3.93. The van der Waals surface area contributed by atoms with Gasteiger partial charge in [0, 0.05) is 18.2 Å². The summed E-state index contributed by atoms with van der Waals surface area (Å²) in [5, 5.41) is 6.15. The highest BCUT2D eigenvalue weighted by molar-refractivity contribution is 14.0. The largest absolute Gasteiger partial charge is 0.370 e. The second-order valence-corrected chi connectivity index (χ2v) is 7.07. The molecule has 0 aromatic heterocycles. The van der Waals surface area contributed by atoms with Crippen molar-refractivity contribution in [2.45, 2.75) is 72.4 Å². The summed E-state index contributed by atoms with van der Waals surface area (Å²) in [6.07, 6.45) is 4.90. The van der Waals surface area contributed by atoms with Crippen LogP contribution in [-0.2, 0) is 11.3 Å². The molecule has 1 unspecified atom stereocenters. The fraction of sp³-hybridized carbons (Fsp3) is 0.600. The van der Waals surface area contributed by atoms with Crippen molar-refractivity contribution in [2.24, 2.45) is 16.6 Å². The van der Waals surface area contributed by atoms with Gasteiger partial charge in [0.1, 0.15) is 0 Å². The molecule has 0 aliphatic heterocycles. The second-order valence-electron chi connectivity index (χ2n) is 7.07. The van der Waals surface area contributed by atoms with Crippen LogP contribution in [0.4, 0.5) is 5.69 Å². The van der Waals surface area contributed by atoms with Crippen LogP contribution in [0.5, 0.6) is 0 Å². The predicted molar refractivity (Wildman–Crippen MR) is 122 cm³/mol. The molecule has 4 N–H and O–H groups in total. The van der Waals surface area contributed by atoms with E-state index in [-0.39, 0.29) is 29.9 Å². The summed E-state index contributed by atoms with van der Waals surface area (Å²) in [5.41, 5.74) is 7.81. The van der Waals surface area contributed by atoms with E-state index >= 15 is 0 Å². The van der Waals surface area contributed by atoms with Crippen molar-refractivity contribution >= 4 is 41.5 Å². The molecule has 0 fully saturated rings. The lowest BCUT2D eigenvalue weighted by molar-refractivity contribution is -0.116. The maximum atomic E-state index is 11.7. The molecular formula is C20H35IN4O. The highest BCUT2D eigenvalue weighted by atomic mass is 127. The van der Waals surface area contributed by atoms with Crippen molar-refractivity contribution in [1.29, 1.82) is 0 Å².